The van der Waals surface area contributed by atoms with Gasteiger partial charge in [0, 0.05) is 0 Å². The van der Waals surface area contributed by atoms with Gasteiger partial charge in [-0.25, -0.2) is 0 Å². The fraction of sp³-hybridized carbons (Fsp3) is 0.625. The van der Waals surface area contributed by atoms with E-state index in [2.05, 4.69) is 6.58 Å². The van der Waals surface area contributed by atoms with Crippen molar-refractivity contribution < 1.29 is 9.90 Å². The molecule has 0 amide bonds. The lowest BCUT2D eigenvalue weighted by atomic mass is 9.81. The lowest BCUT2D eigenvalue weighted by Gasteiger charge is -2.22. The van der Waals surface area contributed by atoms with E-state index in [4.69, 9.17) is 5.11 Å². The van der Waals surface area contributed by atoms with Gasteiger partial charge < -0.3 is 5.11 Å². The highest BCUT2D eigenvalue weighted by Crippen LogP contribution is 2.28. The van der Waals surface area contributed by atoms with E-state index in [9.17, 15) is 4.79 Å². The maximum absolute atomic E-state index is 10.6. The minimum absolute atomic E-state index is 0.595. The summed E-state index contributed by atoms with van der Waals surface area (Å²) in [4.78, 5) is 10.6. The summed E-state index contributed by atoms with van der Waals surface area (Å²) >= 11 is 0. The van der Waals surface area contributed by atoms with Crippen molar-refractivity contribution in [3.63, 3.8) is 0 Å². The van der Waals surface area contributed by atoms with E-state index in [0.29, 0.717) is 12.0 Å². The SMILES string of the molecule is C=C(C)C(C)(CC)C(=O)O. The highest BCUT2D eigenvalue weighted by atomic mass is 16.4. The first-order chi connectivity index (χ1) is 4.45. The van der Waals surface area contributed by atoms with Crippen molar-refractivity contribution in [3.8, 4) is 0 Å². The van der Waals surface area contributed by atoms with E-state index in [1.54, 1.807) is 13.8 Å². The highest BCUT2D eigenvalue weighted by molar-refractivity contribution is 5.77. The van der Waals surface area contributed by atoms with E-state index in [0.717, 1.165) is 0 Å². The van der Waals surface area contributed by atoms with Crippen molar-refractivity contribution in [2.45, 2.75) is 27.2 Å². The first kappa shape index (κ1) is 9.21. The van der Waals surface area contributed by atoms with Crippen molar-refractivity contribution in [1.29, 1.82) is 0 Å². The van der Waals surface area contributed by atoms with Crippen LogP contribution in [-0.2, 0) is 4.79 Å². The molecule has 0 aliphatic rings. The van der Waals surface area contributed by atoms with Crippen LogP contribution in [-0.4, -0.2) is 11.1 Å². The second-order valence-corrected chi connectivity index (χ2v) is 2.77. The molecule has 0 heterocycles. The molecule has 0 spiro atoms. The van der Waals surface area contributed by atoms with Crippen molar-refractivity contribution in [3.05, 3.63) is 12.2 Å². The van der Waals surface area contributed by atoms with Crippen molar-refractivity contribution in [1.82, 2.24) is 0 Å². The first-order valence-corrected chi connectivity index (χ1v) is 3.34. The maximum Gasteiger partial charge on any atom is 0.313 e. The number of hydrogen-bond donors (Lipinski definition) is 1. The fourth-order valence-corrected chi connectivity index (χ4v) is 0.636. The van der Waals surface area contributed by atoms with Crippen LogP contribution >= 0.6 is 0 Å². The molecular weight excluding hydrogens is 128 g/mol. The van der Waals surface area contributed by atoms with Gasteiger partial charge in [-0.3, -0.25) is 4.79 Å². The van der Waals surface area contributed by atoms with Gasteiger partial charge in [-0.1, -0.05) is 19.1 Å². The van der Waals surface area contributed by atoms with E-state index in [-0.39, 0.29) is 0 Å². The Kier molecular flexibility index (Phi) is 2.64. The molecular formula is C8H14O2. The van der Waals surface area contributed by atoms with Crippen molar-refractivity contribution in [2.24, 2.45) is 5.41 Å². The van der Waals surface area contributed by atoms with E-state index >= 15 is 0 Å². The van der Waals surface area contributed by atoms with Gasteiger partial charge >= 0.3 is 5.97 Å². The lowest BCUT2D eigenvalue weighted by Crippen LogP contribution is -2.27. The minimum Gasteiger partial charge on any atom is -0.481 e. The summed E-state index contributed by atoms with van der Waals surface area (Å²) < 4.78 is 0. The number of carbonyl (C=O) groups is 1. The summed E-state index contributed by atoms with van der Waals surface area (Å²) in [7, 11) is 0. The molecule has 1 atom stereocenters. The molecule has 0 rings (SSSR count). The van der Waals surface area contributed by atoms with Gasteiger partial charge in [0.05, 0.1) is 5.41 Å². The molecule has 0 aromatic rings. The molecule has 1 N–H and O–H groups in total. The molecule has 2 heteroatoms. The van der Waals surface area contributed by atoms with E-state index in [1.165, 1.54) is 0 Å². The van der Waals surface area contributed by atoms with Gasteiger partial charge in [0.25, 0.3) is 0 Å². The molecule has 1 unspecified atom stereocenters. The second kappa shape index (κ2) is 2.86. The zero-order chi connectivity index (χ0) is 8.36. The largest absolute Gasteiger partial charge is 0.481 e. The van der Waals surface area contributed by atoms with Gasteiger partial charge in [-0.15, -0.1) is 0 Å². The molecule has 0 saturated heterocycles. The van der Waals surface area contributed by atoms with E-state index < -0.39 is 11.4 Å². The molecule has 0 aromatic heterocycles. The van der Waals surface area contributed by atoms with Crippen LogP contribution in [0.15, 0.2) is 12.2 Å². The summed E-state index contributed by atoms with van der Waals surface area (Å²) in [6.07, 6.45) is 0.595. The Balaban J connectivity index is 4.55. The normalized spacial score (nSPS) is 15.9. The summed E-state index contributed by atoms with van der Waals surface area (Å²) in [5, 5.41) is 8.74. The van der Waals surface area contributed by atoms with Gasteiger partial charge in [-0.05, 0) is 20.3 Å². The molecule has 0 aromatic carbocycles. The smallest absolute Gasteiger partial charge is 0.313 e. The topological polar surface area (TPSA) is 37.3 Å². The van der Waals surface area contributed by atoms with Crippen LogP contribution in [0.4, 0.5) is 0 Å². The Hall–Kier alpha value is -0.790. The molecule has 0 bridgehead atoms. The number of rotatable bonds is 3. The molecule has 2 nitrogen and oxygen atoms in total. The summed E-state index contributed by atoms with van der Waals surface area (Å²) in [5.41, 5.74) is -0.0255. The Bertz CT molecular complexity index is 145. The second-order valence-electron chi connectivity index (χ2n) is 2.77. The fourth-order valence-electron chi connectivity index (χ4n) is 0.636. The Morgan fingerprint density at radius 2 is 2.10 bits per heavy atom. The van der Waals surface area contributed by atoms with Crippen LogP contribution < -0.4 is 0 Å². The van der Waals surface area contributed by atoms with Gasteiger partial charge in [-0.2, -0.15) is 0 Å². The Morgan fingerprint density at radius 1 is 1.70 bits per heavy atom. The van der Waals surface area contributed by atoms with Crippen LogP contribution in [0.5, 0.6) is 0 Å². The highest BCUT2D eigenvalue weighted by Gasteiger charge is 2.31. The number of carboxylic acid groups (broad SMARTS) is 1. The molecule has 58 valence electrons. The number of carboxylic acids is 1. The zero-order valence-corrected chi connectivity index (χ0v) is 6.77. The minimum atomic E-state index is -0.789. The van der Waals surface area contributed by atoms with Gasteiger partial charge in [0.1, 0.15) is 0 Å². The van der Waals surface area contributed by atoms with Crippen molar-refractivity contribution >= 4 is 5.97 Å². The Labute approximate surface area is 61.6 Å². The van der Waals surface area contributed by atoms with Crippen molar-refractivity contribution in [2.75, 3.05) is 0 Å². The van der Waals surface area contributed by atoms with Gasteiger partial charge in [0.15, 0.2) is 0 Å². The molecule has 0 aliphatic carbocycles. The Morgan fingerprint density at radius 3 is 2.10 bits per heavy atom. The molecule has 10 heavy (non-hydrogen) atoms. The molecule has 0 saturated carbocycles. The average Bonchev–Trinajstić information content (AvgIpc) is 1.85. The predicted molar refractivity (Wildman–Crippen MR) is 40.8 cm³/mol. The third-order valence-electron chi connectivity index (χ3n) is 2.12. The summed E-state index contributed by atoms with van der Waals surface area (Å²) in [6, 6.07) is 0. The lowest BCUT2D eigenvalue weighted by molar-refractivity contribution is -0.145. The summed E-state index contributed by atoms with van der Waals surface area (Å²) in [6.45, 7) is 8.93. The quantitative estimate of drug-likeness (QED) is 0.612. The average molecular weight is 142 g/mol. The van der Waals surface area contributed by atoms with E-state index in [1.807, 2.05) is 6.92 Å². The predicted octanol–water partition coefficient (Wildman–Crippen LogP) is 2.06. The zero-order valence-electron chi connectivity index (χ0n) is 6.77. The van der Waals surface area contributed by atoms with Crippen LogP contribution in [0.3, 0.4) is 0 Å². The molecule has 0 aliphatic heterocycles. The standard InChI is InChI=1S/C8H14O2/c1-5-8(4,6(2)3)7(9)10/h2,5H2,1,3-4H3,(H,9,10). The van der Waals surface area contributed by atoms with Crippen LogP contribution in [0.2, 0.25) is 0 Å². The third-order valence-corrected chi connectivity index (χ3v) is 2.12. The molecule has 0 fully saturated rings. The first-order valence-electron chi connectivity index (χ1n) is 3.34. The monoisotopic (exact) mass is 142 g/mol. The van der Waals surface area contributed by atoms with Crippen LogP contribution in [0.1, 0.15) is 27.2 Å². The number of hydrogen-bond acceptors (Lipinski definition) is 1. The third kappa shape index (κ3) is 1.38. The van der Waals surface area contributed by atoms with Crippen LogP contribution in [0.25, 0.3) is 0 Å². The summed E-state index contributed by atoms with van der Waals surface area (Å²) in [5.74, 6) is -0.789. The maximum atomic E-state index is 10.6. The van der Waals surface area contributed by atoms with Gasteiger partial charge in [0.2, 0.25) is 0 Å². The molecule has 0 radical (unpaired) electrons. The van der Waals surface area contributed by atoms with Crippen LogP contribution in [0, 0.1) is 5.41 Å². The number of aliphatic carboxylic acids is 1.